The molecule has 0 unspecified atom stereocenters. The Bertz CT molecular complexity index is 587. The van der Waals surface area contributed by atoms with Crippen molar-refractivity contribution in [1.82, 2.24) is 24.1 Å². The van der Waals surface area contributed by atoms with Crippen molar-refractivity contribution in [2.75, 3.05) is 7.05 Å². The number of rotatable bonds is 4. The van der Waals surface area contributed by atoms with Gasteiger partial charge >= 0.3 is 0 Å². The topological polar surface area (TPSA) is 83.9 Å². The summed E-state index contributed by atoms with van der Waals surface area (Å²) in [5.74, 6) is 0.596. The summed E-state index contributed by atoms with van der Waals surface area (Å²) in [6.45, 7) is 0.195. The molecule has 0 amide bonds. The molecule has 2 rings (SSSR count). The van der Waals surface area contributed by atoms with Crippen LogP contribution in [-0.4, -0.2) is 39.5 Å². The SMILES string of the molecule is CN(Cc1ncc[nH]1)S(=O)(=O)c1ccnn1C. The van der Waals surface area contributed by atoms with E-state index >= 15 is 0 Å². The van der Waals surface area contributed by atoms with Gasteiger partial charge in [0.1, 0.15) is 5.82 Å². The van der Waals surface area contributed by atoms with Gasteiger partial charge in [-0.1, -0.05) is 0 Å². The van der Waals surface area contributed by atoms with Crippen molar-refractivity contribution in [2.24, 2.45) is 7.05 Å². The Morgan fingerprint density at radius 2 is 2.24 bits per heavy atom. The first-order valence-corrected chi connectivity index (χ1v) is 6.38. The summed E-state index contributed by atoms with van der Waals surface area (Å²) < 4.78 is 26.9. The zero-order valence-corrected chi connectivity index (χ0v) is 10.3. The number of nitrogens with zero attached hydrogens (tertiary/aromatic N) is 4. The summed E-state index contributed by atoms with van der Waals surface area (Å²) in [6.07, 6.45) is 4.69. The summed E-state index contributed by atoms with van der Waals surface area (Å²) in [4.78, 5) is 6.85. The maximum atomic E-state index is 12.2. The highest BCUT2D eigenvalue weighted by molar-refractivity contribution is 7.89. The lowest BCUT2D eigenvalue weighted by Crippen LogP contribution is -2.28. The Morgan fingerprint density at radius 3 is 2.76 bits per heavy atom. The van der Waals surface area contributed by atoms with E-state index in [0.29, 0.717) is 5.82 Å². The molecule has 7 nitrogen and oxygen atoms in total. The average molecular weight is 255 g/mol. The van der Waals surface area contributed by atoms with Crippen LogP contribution in [0.25, 0.3) is 0 Å². The van der Waals surface area contributed by atoms with E-state index in [1.807, 2.05) is 0 Å². The van der Waals surface area contributed by atoms with Crippen LogP contribution in [0.2, 0.25) is 0 Å². The molecule has 2 heterocycles. The van der Waals surface area contributed by atoms with Crippen LogP contribution in [-0.2, 0) is 23.6 Å². The molecular weight excluding hydrogens is 242 g/mol. The molecule has 0 saturated carbocycles. The summed E-state index contributed by atoms with van der Waals surface area (Å²) >= 11 is 0. The lowest BCUT2D eigenvalue weighted by atomic mass is 10.6. The number of hydrogen-bond donors (Lipinski definition) is 1. The zero-order chi connectivity index (χ0) is 12.5. The van der Waals surface area contributed by atoms with E-state index in [1.54, 1.807) is 19.4 Å². The molecule has 0 saturated heterocycles. The largest absolute Gasteiger partial charge is 0.347 e. The number of imidazole rings is 1. The average Bonchev–Trinajstić information content (AvgIpc) is 2.89. The Hall–Kier alpha value is -1.67. The van der Waals surface area contributed by atoms with Crippen LogP contribution in [0.15, 0.2) is 29.7 Å². The summed E-state index contributed by atoms with van der Waals surface area (Å²) in [5, 5.41) is 4.01. The Labute approximate surface area is 99.1 Å². The van der Waals surface area contributed by atoms with Crippen molar-refractivity contribution in [1.29, 1.82) is 0 Å². The Balaban J connectivity index is 2.25. The predicted molar refractivity (Wildman–Crippen MR) is 60.4 cm³/mol. The molecule has 0 bridgehead atoms. The van der Waals surface area contributed by atoms with Gasteiger partial charge < -0.3 is 4.98 Å². The molecule has 2 aromatic heterocycles. The van der Waals surface area contributed by atoms with Gasteiger partial charge in [-0.2, -0.15) is 9.40 Å². The first-order chi connectivity index (χ1) is 8.01. The third-order valence-corrected chi connectivity index (χ3v) is 4.26. The highest BCUT2D eigenvalue weighted by Gasteiger charge is 2.24. The van der Waals surface area contributed by atoms with E-state index in [-0.39, 0.29) is 11.6 Å². The highest BCUT2D eigenvalue weighted by Crippen LogP contribution is 2.14. The summed E-state index contributed by atoms with van der Waals surface area (Å²) in [7, 11) is -0.433. The standard InChI is InChI=1S/C9H13N5O2S/c1-13(7-8-10-5-6-11-8)17(15,16)9-3-4-12-14(9)2/h3-6H,7H2,1-2H3,(H,10,11). The van der Waals surface area contributed by atoms with Crippen LogP contribution in [0, 0.1) is 0 Å². The van der Waals surface area contributed by atoms with E-state index in [0.717, 1.165) is 0 Å². The van der Waals surface area contributed by atoms with Crippen LogP contribution < -0.4 is 0 Å². The second-order valence-electron chi connectivity index (χ2n) is 3.59. The number of H-pyrrole nitrogens is 1. The first-order valence-electron chi connectivity index (χ1n) is 4.94. The van der Waals surface area contributed by atoms with Crippen molar-refractivity contribution >= 4 is 10.0 Å². The van der Waals surface area contributed by atoms with E-state index in [2.05, 4.69) is 15.1 Å². The van der Waals surface area contributed by atoms with Crippen molar-refractivity contribution in [3.05, 3.63) is 30.5 Å². The Morgan fingerprint density at radius 1 is 1.47 bits per heavy atom. The number of aromatic amines is 1. The molecule has 17 heavy (non-hydrogen) atoms. The van der Waals surface area contributed by atoms with Crippen LogP contribution >= 0.6 is 0 Å². The first kappa shape index (κ1) is 11.8. The number of nitrogens with one attached hydrogen (secondary N) is 1. The third kappa shape index (κ3) is 2.22. The normalized spacial score (nSPS) is 12.2. The fraction of sp³-hybridized carbons (Fsp3) is 0.333. The van der Waals surface area contributed by atoms with E-state index in [9.17, 15) is 8.42 Å². The van der Waals surface area contributed by atoms with E-state index in [4.69, 9.17) is 0 Å². The Kier molecular flexibility index (Phi) is 2.99. The van der Waals surface area contributed by atoms with Crippen molar-refractivity contribution in [2.45, 2.75) is 11.6 Å². The second-order valence-corrected chi connectivity index (χ2v) is 5.58. The van der Waals surface area contributed by atoms with Gasteiger partial charge in [-0.05, 0) is 6.07 Å². The second kappa shape index (κ2) is 4.30. The van der Waals surface area contributed by atoms with Crippen LogP contribution in [0.4, 0.5) is 0 Å². The molecule has 0 spiro atoms. The monoisotopic (exact) mass is 255 g/mol. The van der Waals surface area contributed by atoms with Crippen molar-refractivity contribution in [3.63, 3.8) is 0 Å². The number of aryl methyl sites for hydroxylation is 1. The zero-order valence-electron chi connectivity index (χ0n) is 9.53. The maximum absolute atomic E-state index is 12.2. The smallest absolute Gasteiger partial charge is 0.260 e. The third-order valence-electron chi connectivity index (χ3n) is 2.38. The van der Waals surface area contributed by atoms with E-state index < -0.39 is 10.0 Å². The molecule has 2 aromatic rings. The molecule has 1 N–H and O–H groups in total. The lowest BCUT2D eigenvalue weighted by molar-refractivity contribution is 0.449. The molecule has 0 aliphatic carbocycles. The lowest BCUT2D eigenvalue weighted by Gasteiger charge is -2.15. The van der Waals surface area contributed by atoms with Gasteiger partial charge in [-0.15, -0.1) is 0 Å². The van der Waals surface area contributed by atoms with Gasteiger partial charge in [0.05, 0.1) is 12.7 Å². The molecule has 0 radical (unpaired) electrons. The van der Waals surface area contributed by atoms with Gasteiger partial charge in [0, 0.05) is 26.5 Å². The molecule has 0 atom stereocenters. The van der Waals surface area contributed by atoms with Crippen LogP contribution in [0.5, 0.6) is 0 Å². The minimum atomic E-state index is -3.53. The van der Waals surface area contributed by atoms with Crippen molar-refractivity contribution < 1.29 is 8.42 Å². The van der Waals surface area contributed by atoms with Gasteiger partial charge in [0.2, 0.25) is 0 Å². The minimum Gasteiger partial charge on any atom is -0.347 e. The number of hydrogen-bond acceptors (Lipinski definition) is 4. The maximum Gasteiger partial charge on any atom is 0.260 e. The molecular formula is C9H13N5O2S. The molecule has 8 heteroatoms. The van der Waals surface area contributed by atoms with Gasteiger partial charge in [-0.3, -0.25) is 4.68 Å². The van der Waals surface area contributed by atoms with Crippen LogP contribution in [0.1, 0.15) is 5.82 Å². The number of sulfonamides is 1. The molecule has 0 aliphatic rings. The van der Waals surface area contributed by atoms with Gasteiger partial charge in [-0.25, -0.2) is 13.4 Å². The van der Waals surface area contributed by atoms with E-state index in [1.165, 1.54) is 28.3 Å². The van der Waals surface area contributed by atoms with Crippen molar-refractivity contribution in [3.8, 4) is 0 Å². The number of aromatic nitrogens is 4. The predicted octanol–water partition coefficient (Wildman–Crippen LogP) is -0.0361. The molecule has 0 fully saturated rings. The quantitative estimate of drug-likeness (QED) is 0.831. The van der Waals surface area contributed by atoms with Gasteiger partial charge in [0.25, 0.3) is 10.0 Å². The fourth-order valence-electron chi connectivity index (χ4n) is 1.45. The summed E-state index contributed by atoms with van der Waals surface area (Å²) in [6, 6.07) is 1.47. The molecule has 92 valence electrons. The van der Waals surface area contributed by atoms with Gasteiger partial charge in [0.15, 0.2) is 5.03 Å². The minimum absolute atomic E-state index is 0.159. The highest BCUT2D eigenvalue weighted by atomic mass is 32.2. The molecule has 0 aliphatic heterocycles. The molecule has 0 aromatic carbocycles. The fourth-order valence-corrected chi connectivity index (χ4v) is 2.68. The van der Waals surface area contributed by atoms with Crippen LogP contribution in [0.3, 0.4) is 0 Å². The summed E-state index contributed by atoms with van der Waals surface area (Å²) in [5.41, 5.74) is 0.